The topological polar surface area (TPSA) is 41.1 Å². The van der Waals surface area contributed by atoms with Crippen LogP contribution in [-0.2, 0) is 4.79 Å². The number of benzene rings is 2. The van der Waals surface area contributed by atoms with Gasteiger partial charge in [0.25, 0.3) is 0 Å². The van der Waals surface area contributed by atoms with E-state index in [0.717, 1.165) is 10.6 Å². The van der Waals surface area contributed by atoms with Gasteiger partial charge in [0.1, 0.15) is 0 Å². The zero-order chi connectivity index (χ0) is 12.6. The molecule has 1 amide bonds. The molecule has 0 atom stereocenters. The van der Waals surface area contributed by atoms with Gasteiger partial charge in [-0.25, -0.2) is 0 Å². The Kier molecular flexibility index (Phi) is 4.67. The molecule has 0 radical (unpaired) electrons. The Bertz CT molecular complexity index is 442. The van der Waals surface area contributed by atoms with Crippen LogP contribution < -0.4 is 10.9 Å². The average molecular weight is 258 g/mol. The fourth-order valence-corrected chi connectivity index (χ4v) is 2.08. The largest absolute Gasteiger partial charge is 0.299 e. The van der Waals surface area contributed by atoms with Gasteiger partial charge in [-0.3, -0.25) is 15.6 Å². The number of rotatable bonds is 5. The number of amides is 1. The van der Waals surface area contributed by atoms with Crippen molar-refractivity contribution in [1.82, 2.24) is 5.43 Å². The molecule has 2 aromatic rings. The third kappa shape index (κ3) is 4.14. The summed E-state index contributed by atoms with van der Waals surface area (Å²) in [5.74, 6) is 0.344. The fourth-order valence-electron chi connectivity index (χ4n) is 1.37. The Labute approximate surface area is 111 Å². The van der Waals surface area contributed by atoms with Crippen molar-refractivity contribution >= 4 is 23.4 Å². The van der Waals surface area contributed by atoms with E-state index in [-0.39, 0.29) is 5.91 Å². The molecule has 2 aromatic carbocycles. The molecule has 0 spiro atoms. The lowest BCUT2D eigenvalue weighted by molar-refractivity contribution is -0.118. The highest BCUT2D eigenvalue weighted by atomic mass is 32.2. The Morgan fingerprint density at radius 2 is 1.56 bits per heavy atom. The highest BCUT2D eigenvalue weighted by Gasteiger charge is 2.01. The number of hydrogen-bond donors (Lipinski definition) is 2. The molecule has 0 aromatic heterocycles. The van der Waals surface area contributed by atoms with E-state index in [0.29, 0.717) is 5.75 Å². The third-order valence-corrected chi connectivity index (χ3v) is 3.25. The van der Waals surface area contributed by atoms with Crippen LogP contribution in [0.3, 0.4) is 0 Å². The highest BCUT2D eigenvalue weighted by molar-refractivity contribution is 8.00. The second-order valence-corrected chi connectivity index (χ2v) is 4.69. The summed E-state index contributed by atoms with van der Waals surface area (Å²) in [7, 11) is 0. The Morgan fingerprint density at radius 1 is 0.944 bits per heavy atom. The number of nitrogens with one attached hydrogen (secondary N) is 2. The lowest BCUT2D eigenvalue weighted by Crippen LogP contribution is -2.30. The van der Waals surface area contributed by atoms with Gasteiger partial charge in [-0.1, -0.05) is 36.4 Å². The van der Waals surface area contributed by atoms with Gasteiger partial charge in [-0.05, 0) is 24.3 Å². The van der Waals surface area contributed by atoms with Gasteiger partial charge in [-0.2, -0.15) is 0 Å². The summed E-state index contributed by atoms with van der Waals surface area (Å²) in [5.41, 5.74) is 6.40. The summed E-state index contributed by atoms with van der Waals surface area (Å²) in [4.78, 5) is 12.7. The lowest BCUT2D eigenvalue weighted by atomic mass is 10.3. The SMILES string of the molecule is O=C(CSc1ccccc1)NNc1ccccc1. The first-order valence-electron chi connectivity index (χ1n) is 5.62. The van der Waals surface area contributed by atoms with E-state index < -0.39 is 0 Å². The summed E-state index contributed by atoms with van der Waals surface area (Å²) >= 11 is 1.51. The number of hydrogen-bond acceptors (Lipinski definition) is 3. The van der Waals surface area contributed by atoms with Crippen molar-refractivity contribution in [3.8, 4) is 0 Å². The molecule has 0 unspecified atom stereocenters. The van der Waals surface area contributed by atoms with E-state index in [1.807, 2.05) is 60.7 Å². The van der Waals surface area contributed by atoms with Crippen LogP contribution in [0.15, 0.2) is 65.6 Å². The van der Waals surface area contributed by atoms with Crippen molar-refractivity contribution in [2.24, 2.45) is 0 Å². The number of para-hydroxylation sites is 1. The Hall–Kier alpha value is -1.94. The standard InChI is InChI=1S/C14H14N2OS/c17-14(11-18-13-9-5-2-6-10-13)16-15-12-7-3-1-4-8-12/h1-10,15H,11H2,(H,16,17). The molecule has 4 heteroatoms. The first-order chi connectivity index (χ1) is 8.84. The monoisotopic (exact) mass is 258 g/mol. The quantitative estimate of drug-likeness (QED) is 0.640. The molecule has 2 rings (SSSR count). The maximum atomic E-state index is 11.6. The minimum absolute atomic E-state index is 0.0484. The molecule has 0 aliphatic rings. The van der Waals surface area contributed by atoms with Crippen molar-refractivity contribution < 1.29 is 4.79 Å². The molecule has 0 aliphatic heterocycles. The molecular formula is C14H14N2OS. The van der Waals surface area contributed by atoms with E-state index in [4.69, 9.17) is 0 Å². The van der Waals surface area contributed by atoms with Crippen molar-refractivity contribution in [2.45, 2.75) is 4.90 Å². The smallest absolute Gasteiger partial charge is 0.248 e. The van der Waals surface area contributed by atoms with Crippen LogP contribution in [-0.4, -0.2) is 11.7 Å². The summed E-state index contributed by atoms with van der Waals surface area (Å²) < 4.78 is 0. The molecule has 0 fully saturated rings. The van der Waals surface area contributed by atoms with E-state index >= 15 is 0 Å². The maximum absolute atomic E-state index is 11.6. The molecule has 2 N–H and O–H groups in total. The van der Waals surface area contributed by atoms with Gasteiger partial charge in [0.05, 0.1) is 11.4 Å². The number of hydrazine groups is 1. The van der Waals surface area contributed by atoms with Gasteiger partial charge in [-0.15, -0.1) is 11.8 Å². The predicted molar refractivity (Wildman–Crippen MR) is 75.4 cm³/mol. The van der Waals surface area contributed by atoms with Crippen LogP contribution in [0.4, 0.5) is 5.69 Å². The average Bonchev–Trinajstić information content (AvgIpc) is 2.45. The third-order valence-electron chi connectivity index (χ3n) is 2.23. The summed E-state index contributed by atoms with van der Waals surface area (Å²) in [6.07, 6.45) is 0. The van der Waals surface area contributed by atoms with Gasteiger partial charge in [0, 0.05) is 4.90 Å². The zero-order valence-electron chi connectivity index (χ0n) is 9.80. The van der Waals surface area contributed by atoms with Crippen molar-refractivity contribution in [1.29, 1.82) is 0 Å². The van der Waals surface area contributed by atoms with E-state index in [9.17, 15) is 4.79 Å². The van der Waals surface area contributed by atoms with E-state index in [1.165, 1.54) is 11.8 Å². The maximum Gasteiger partial charge on any atom is 0.248 e. The minimum Gasteiger partial charge on any atom is -0.299 e. The first-order valence-corrected chi connectivity index (χ1v) is 6.61. The molecule has 0 saturated carbocycles. The van der Waals surface area contributed by atoms with E-state index in [1.54, 1.807) is 0 Å². The highest BCUT2D eigenvalue weighted by Crippen LogP contribution is 2.16. The van der Waals surface area contributed by atoms with Gasteiger partial charge < -0.3 is 0 Å². The lowest BCUT2D eigenvalue weighted by Gasteiger charge is -2.07. The number of thioether (sulfide) groups is 1. The van der Waals surface area contributed by atoms with E-state index in [2.05, 4.69) is 10.9 Å². The molecule has 18 heavy (non-hydrogen) atoms. The Morgan fingerprint density at radius 3 is 2.22 bits per heavy atom. The summed E-state index contributed by atoms with van der Waals surface area (Å²) in [6, 6.07) is 19.4. The van der Waals surface area contributed by atoms with Crippen LogP contribution in [0.1, 0.15) is 0 Å². The van der Waals surface area contributed by atoms with Gasteiger partial charge in [0.2, 0.25) is 5.91 Å². The molecule has 0 aliphatic carbocycles. The van der Waals surface area contributed by atoms with Crippen LogP contribution in [0.2, 0.25) is 0 Å². The van der Waals surface area contributed by atoms with Crippen molar-refractivity contribution in [2.75, 3.05) is 11.2 Å². The number of carbonyl (C=O) groups is 1. The molecular weight excluding hydrogens is 244 g/mol. The van der Waals surface area contributed by atoms with Crippen molar-refractivity contribution in [3.05, 3.63) is 60.7 Å². The molecule has 0 heterocycles. The Balaban J connectivity index is 1.73. The fraction of sp³-hybridized carbons (Fsp3) is 0.0714. The van der Waals surface area contributed by atoms with Gasteiger partial charge >= 0.3 is 0 Å². The number of carbonyl (C=O) groups excluding carboxylic acids is 1. The van der Waals surface area contributed by atoms with Crippen LogP contribution in [0.25, 0.3) is 0 Å². The predicted octanol–water partition coefficient (Wildman–Crippen LogP) is 2.92. The van der Waals surface area contributed by atoms with Crippen LogP contribution >= 0.6 is 11.8 Å². The second kappa shape index (κ2) is 6.71. The van der Waals surface area contributed by atoms with Crippen LogP contribution in [0.5, 0.6) is 0 Å². The molecule has 92 valence electrons. The van der Waals surface area contributed by atoms with Crippen molar-refractivity contribution in [3.63, 3.8) is 0 Å². The molecule has 3 nitrogen and oxygen atoms in total. The summed E-state index contributed by atoms with van der Waals surface area (Å²) in [5, 5.41) is 0. The first kappa shape index (κ1) is 12.5. The second-order valence-electron chi connectivity index (χ2n) is 3.64. The molecule has 0 saturated heterocycles. The summed E-state index contributed by atoms with van der Waals surface area (Å²) in [6.45, 7) is 0. The zero-order valence-corrected chi connectivity index (χ0v) is 10.6. The number of anilines is 1. The van der Waals surface area contributed by atoms with Crippen LogP contribution in [0, 0.1) is 0 Å². The van der Waals surface area contributed by atoms with Gasteiger partial charge in [0.15, 0.2) is 0 Å². The minimum atomic E-state index is -0.0484. The normalized spacial score (nSPS) is 9.78. The molecule has 0 bridgehead atoms.